The van der Waals surface area contributed by atoms with Crippen molar-refractivity contribution in [1.82, 2.24) is 10.2 Å². The predicted molar refractivity (Wildman–Crippen MR) is 131 cm³/mol. The number of carbonyl (C=O) groups excluding carboxylic acids is 2. The van der Waals surface area contributed by atoms with E-state index in [1.54, 1.807) is 7.05 Å². The second kappa shape index (κ2) is 9.36. The van der Waals surface area contributed by atoms with E-state index in [0.717, 1.165) is 6.42 Å². The van der Waals surface area contributed by atoms with Crippen LogP contribution in [-0.2, 0) is 14.3 Å². The monoisotopic (exact) mass is 476 g/mol. The van der Waals surface area contributed by atoms with Crippen LogP contribution in [0.15, 0.2) is 48.5 Å². The Balaban J connectivity index is 1.12. The number of rotatable bonds is 6. The Morgan fingerprint density at radius 3 is 2.06 bits per heavy atom. The number of likely N-dealkylation sites (N-methyl/N-ethyl adjacent to an activating group) is 1. The zero-order valence-electron chi connectivity index (χ0n) is 20.0. The molecule has 7 nitrogen and oxygen atoms in total. The number of carboxylic acid groups (broad SMARTS) is 1. The third-order valence-corrected chi connectivity index (χ3v) is 8.29. The van der Waals surface area contributed by atoms with Crippen molar-refractivity contribution >= 4 is 18.0 Å². The number of hydrogen-bond acceptors (Lipinski definition) is 4. The molecular formula is C28H32N2O5. The largest absolute Gasteiger partial charge is 0.479 e. The molecule has 0 aromatic heterocycles. The lowest BCUT2D eigenvalue weighted by Gasteiger charge is -2.46. The van der Waals surface area contributed by atoms with Crippen molar-refractivity contribution in [3.8, 4) is 11.1 Å². The molecule has 2 N–H and O–H groups in total. The van der Waals surface area contributed by atoms with Crippen LogP contribution in [0.3, 0.4) is 0 Å². The van der Waals surface area contributed by atoms with Crippen molar-refractivity contribution < 1.29 is 24.2 Å². The fourth-order valence-corrected chi connectivity index (χ4v) is 5.98. The molecule has 2 saturated carbocycles. The normalized spacial score (nSPS) is 22.3. The third-order valence-electron chi connectivity index (χ3n) is 8.29. The summed E-state index contributed by atoms with van der Waals surface area (Å²) >= 11 is 0. The van der Waals surface area contributed by atoms with Gasteiger partial charge in [0, 0.05) is 24.9 Å². The van der Waals surface area contributed by atoms with Gasteiger partial charge in [-0.1, -0.05) is 48.5 Å². The van der Waals surface area contributed by atoms with E-state index in [-0.39, 0.29) is 30.4 Å². The lowest BCUT2D eigenvalue weighted by Crippen LogP contribution is -2.61. The summed E-state index contributed by atoms with van der Waals surface area (Å²) in [6.07, 6.45) is 4.05. The topological polar surface area (TPSA) is 95.9 Å². The van der Waals surface area contributed by atoms with Crippen molar-refractivity contribution in [2.45, 2.75) is 62.4 Å². The van der Waals surface area contributed by atoms with Gasteiger partial charge in [-0.2, -0.15) is 0 Å². The molecule has 0 radical (unpaired) electrons. The number of carboxylic acids is 1. The zero-order valence-corrected chi connectivity index (χ0v) is 20.0. The predicted octanol–water partition coefficient (Wildman–Crippen LogP) is 4.55. The van der Waals surface area contributed by atoms with Crippen LogP contribution >= 0.6 is 0 Å². The highest BCUT2D eigenvalue weighted by molar-refractivity contribution is 5.89. The number of aliphatic carboxylic acids is 1. The van der Waals surface area contributed by atoms with E-state index >= 15 is 0 Å². The van der Waals surface area contributed by atoms with Gasteiger partial charge in [0.2, 0.25) is 5.91 Å². The van der Waals surface area contributed by atoms with Crippen LogP contribution in [0.4, 0.5) is 4.79 Å². The first kappa shape index (κ1) is 23.4. The Labute approximate surface area is 205 Å². The molecule has 0 bridgehead atoms. The molecule has 0 saturated heterocycles. The third kappa shape index (κ3) is 4.17. The van der Waals surface area contributed by atoms with Crippen LogP contribution in [-0.4, -0.2) is 53.2 Å². The quantitative estimate of drug-likeness (QED) is 0.638. The number of nitrogens with zero attached hydrogens (tertiary/aromatic N) is 1. The van der Waals surface area contributed by atoms with E-state index in [0.29, 0.717) is 38.5 Å². The van der Waals surface area contributed by atoms with Crippen molar-refractivity contribution in [1.29, 1.82) is 0 Å². The average Bonchev–Trinajstić information content (AvgIpc) is 3.15. The first-order valence-electron chi connectivity index (χ1n) is 12.5. The van der Waals surface area contributed by atoms with Gasteiger partial charge in [-0.3, -0.25) is 4.79 Å². The summed E-state index contributed by atoms with van der Waals surface area (Å²) in [4.78, 5) is 38.8. The summed E-state index contributed by atoms with van der Waals surface area (Å²) in [6.45, 7) is 0.274. The molecule has 7 heteroatoms. The summed E-state index contributed by atoms with van der Waals surface area (Å²) in [7, 11) is 1.62. The molecule has 2 aromatic rings. The van der Waals surface area contributed by atoms with Gasteiger partial charge in [0.05, 0.1) is 0 Å². The first-order valence-corrected chi connectivity index (χ1v) is 12.5. The Morgan fingerprint density at radius 2 is 1.54 bits per heavy atom. The van der Waals surface area contributed by atoms with Gasteiger partial charge >= 0.3 is 12.1 Å². The van der Waals surface area contributed by atoms with Crippen LogP contribution in [0.5, 0.6) is 0 Å². The number of alkyl carbamates (subject to hydrolysis) is 1. The Morgan fingerprint density at radius 1 is 0.971 bits per heavy atom. The van der Waals surface area contributed by atoms with Crippen molar-refractivity contribution in [2.24, 2.45) is 5.92 Å². The number of ether oxygens (including phenoxy) is 1. The van der Waals surface area contributed by atoms with Gasteiger partial charge in [0.1, 0.15) is 12.1 Å². The molecule has 35 heavy (non-hydrogen) atoms. The van der Waals surface area contributed by atoms with Crippen LogP contribution in [0, 0.1) is 5.92 Å². The number of fused-ring (bicyclic) bond motifs is 3. The van der Waals surface area contributed by atoms with Gasteiger partial charge in [-0.25, -0.2) is 9.59 Å². The van der Waals surface area contributed by atoms with E-state index in [1.807, 2.05) is 24.3 Å². The first-order chi connectivity index (χ1) is 16.9. The molecule has 0 heterocycles. The van der Waals surface area contributed by atoms with Gasteiger partial charge in [-0.05, 0) is 67.2 Å². The Hall–Kier alpha value is -3.35. The van der Waals surface area contributed by atoms with E-state index in [2.05, 4.69) is 29.6 Å². The smallest absolute Gasteiger partial charge is 0.407 e. The number of nitrogens with one attached hydrogen (secondary N) is 1. The Kier molecular flexibility index (Phi) is 6.26. The standard InChI is InChI=1S/C28H32N2O5/c1-30(28(26(32)33)15-6-16-28)25(31)18-11-13-19(14-12-18)29-27(34)35-17-24-22-9-4-2-7-20(22)21-8-3-5-10-23(21)24/h2-5,7-10,18-19,24H,6,11-17H2,1H3,(H,29,34)(H,32,33). The minimum absolute atomic E-state index is 0.0186. The van der Waals surface area contributed by atoms with Crippen molar-refractivity contribution in [3.05, 3.63) is 59.7 Å². The van der Waals surface area contributed by atoms with Crippen LogP contribution < -0.4 is 5.32 Å². The van der Waals surface area contributed by atoms with Crippen molar-refractivity contribution in [2.75, 3.05) is 13.7 Å². The lowest BCUT2D eigenvalue weighted by atomic mass is 9.74. The maximum Gasteiger partial charge on any atom is 0.407 e. The molecule has 0 atom stereocenters. The lowest BCUT2D eigenvalue weighted by molar-refractivity contribution is -0.166. The number of hydrogen-bond donors (Lipinski definition) is 2. The highest BCUT2D eigenvalue weighted by Crippen LogP contribution is 2.44. The summed E-state index contributed by atoms with van der Waals surface area (Å²) in [5.41, 5.74) is 3.70. The second-order valence-corrected chi connectivity index (χ2v) is 10.1. The van der Waals surface area contributed by atoms with Gasteiger partial charge in [-0.15, -0.1) is 0 Å². The van der Waals surface area contributed by atoms with Crippen LogP contribution in [0.1, 0.15) is 62.0 Å². The van der Waals surface area contributed by atoms with Crippen LogP contribution in [0.2, 0.25) is 0 Å². The fourth-order valence-electron chi connectivity index (χ4n) is 5.98. The van der Waals surface area contributed by atoms with E-state index < -0.39 is 17.6 Å². The zero-order chi connectivity index (χ0) is 24.6. The number of benzene rings is 2. The maximum atomic E-state index is 13.0. The minimum Gasteiger partial charge on any atom is -0.479 e. The molecule has 3 aliphatic carbocycles. The SMILES string of the molecule is CN(C(=O)C1CCC(NC(=O)OCC2c3ccccc3-c3ccccc32)CC1)C1(C(=O)O)CCC1. The second-order valence-electron chi connectivity index (χ2n) is 10.1. The number of carbonyl (C=O) groups is 3. The minimum atomic E-state index is -1.03. The average molecular weight is 477 g/mol. The highest BCUT2D eigenvalue weighted by Gasteiger charge is 2.50. The fraction of sp³-hybridized carbons (Fsp3) is 0.464. The summed E-state index contributed by atoms with van der Waals surface area (Å²) in [5, 5.41) is 12.6. The molecule has 0 unspecified atom stereocenters. The highest BCUT2D eigenvalue weighted by atomic mass is 16.5. The van der Waals surface area contributed by atoms with Gasteiger partial charge in [0.25, 0.3) is 0 Å². The molecule has 2 aromatic carbocycles. The van der Waals surface area contributed by atoms with E-state index in [4.69, 9.17) is 4.74 Å². The molecule has 0 spiro atoms. The molecule has 2 fully saturated rings. The van der Waals surface area contributed by atoms with Gasteiger partial charge in [0.15, 0.2) is 0 Å². The van der Waals surface area contributed by atoms with Gasteiger partial charge < -0.3 is 20.1 Å². The molecular weight excluding hydrogens is 444 g/mol. The van der Waals surface area contributed by atoms with E-state index in [1.165, 1.54) is 27.2 Å². The maximum absolute atomic E-state index is 13.0. The van der Waals surface area contributed by atoms with Crippen molar-refractivity contribution in [3.63, 3.8) is 0 Å². The molecule has 3 aliphatic rings. The molecule has 184 valence electrons. The van der Waals surface area contributed by atoms with E-state index in [9.17, 15) is 19.5 Å². The van der Waals surface area contributed by atoms with Crippen LogP contribution in [0.25, 0.3) is 11.1 Å². The summed E-state index contributed by atoms with van der Waals surface area (Å²) in [5.74, 6) is -1.18. The molecule has 5 rings (SSSR count). The summed E-state index contributed by atoms with van der Waals surface area (Å²) < 4.78 is 5.66. The Bertz CT molecular complexity index is 1090. The number of amides is 2. The molecule has 0 aliphatic heterocycles. The summed E-state index contributed by atoms with van der Waals surface area (Å²) in [6, 6.07) is 16.4. The molecule has 2 amide bonds.